The van der Waals surface area contributed by atoms with E-state index in [2.05, 4.69) is 15.3 Å². The highest BCUT2D eigenvalue weighted by molar-refractivity contribution is 6.18. The maximum absolute atomic E-state index is 9.44. The van der Waals surface area contributed by atoms with Crippen molar-refractivity contribution in [3.63, 3.8) is 0 Å². The van der Waals surface area contributed by atoms with Crippen LogP contribution in [0.4, 0.5) is 5.69 Å². The first-order valence-electron chi connectivity index (χ1n) is 5.54. The number of aromatic nitrogens is 2. The number of benzene rings is 1. The van der Waals surface area contributed by atoms with Crippen LogP contribution in [0.2, 0.25) is 0 Å². The molecule has 1 aromatic carbocycles. The zero-order valence-electron chi connectivity index (χ0n) is 9.92. The SMILES string of the molecule is Cc1c(NCC(O)CCl)cc2[nH]cnc2c1C. The molecule has 1 atom stereocenters. The van der Waals surface area contributed by atoms with E-state index in [-0.39, 0.29) is 5.88 Å². The number of alkyl halides is 1. The van der Waals surface area contributed by atoms with Crippen molar-refractivity contribution >= 4 is 28.3 Å². The smallest absolute Gasteiger partial charge is 0.0932 e. The van der Waals surface area contributed by atoms with Gasteiger partial charge in [0.2, 0.25) is 0 Å². The second-order valence-corrected chi connectivity index (χ2v) is 4.47. The second kappa shape index (κ2) is 4.94. The Labute approximate surface area is 105 Å². The van der Waals surface area contributed by atoms with Gasteiger partial charge in [0, 0.05) is 12.2 Å². The fourth-order valence-corrected chi connectivity index (χ4v) is 1.92. The molecule has 0 saturated heterocycles. The van der Waals surface area contributed by atoms with Gasteiger partial charge in [-0.2, -0.15) is 0 Å². The minimum Gasteiger partial charge on any atom is -0.390 e. The third-order valence-corrected chi connectivity index (χ3v) is 3.34. The van der Waals surface area contributed by atoms with E-state index in [1.54, 1.807) is 6.33 Å². The summed E-state index contributed by atoms with van der Waals surface area (Å²) in [5, 5.41) is 12.6. The Hall–Kier alpha value is -1.26. The number of aryl methyl sites for hydroxylation is 1. The number of halogens is 1. The summed E-state index contributed by atoms with van der Waals surface area (Å²) < 4.78 is 0. The lowest BCUT2D eigenvalue weighted by atomic mass is 10.1. The van der Waals surface area contributed by atoms with Crippen LogP contribution in [-0.4, -0.2) is 33.6 Å². The minimum absolute atomic E-state index is 0.233. The Bertz CT molecular complexity index is 524. The monoisotopic (exact) mass is 253 g/mol. The van der Waals surface area contributed by atoms with E-state index in [0.717, 1.165) is 27.8 Å². The van der Waals surface area contributed by atoms with Crippen LogP contribution in [0.3, 0.4) is 0 Å². The first kappa shape index (κ1) is 12.2. The number of nitrogens with zero attached hydrogens (tertiary/aromatic N) is 1. The van der Waals surface area contributed by atoms with Crippen molar-refractivity contribution in [2.75, 3.05) is 17.7 Å². The van der Waals surface area contributed by atoms with Crippen molar-refractivity contribution in [2.24, 2.45) is 0 Å². The maximum Gasteiger partial charge on any atom is 0.0932 e. The van der Waals surface area contributed by atoms with E-state index in [4.69, 9.17) is 11.6 Å². The number of rotatable bonds is 4. The maximum atomic E-state index is 9.44. The van der Waals surface area contributed by atoms with Crippen molar-refractivity contribution in [1.82, 2.24) is 9.97 Å². The molecule has 1 aromatic heterocycles. The molecule has 0 saturated carbocycles. The third-order valence-electron chi connectivity index (χ3n) is 2.99. The van der Waals surface area contributed by atoms with Crippen LogP contribution in [0.15, 0.2) is 12.4 Å². The Morgan fingerprint density at radius 2 is 2.24 bits per heavy atom. The van der Waals surface area contributed by atoms with Gasteiger partial charge in [0.15, 0.2) is 0 Å². The molecule has 17 heavy (non-hydrogen) atoms. The van der Waals surface area contributed by atoms with Gasteiger partial charge < -0.3 is 15.4 Å². The lowest BCUT2D eigenvalue weighted by molar-refractivity contribution is 0.211. The highest BCUT2D eigenvalue weighted by Gasteiger charge is 2.09. The molecule has 92 valence electrons. The van der Waals surface area contributed by atoms with Crippen LogP contribution >= 0.6 is 11.6 Å². The van der Waals surface area contributed by atoms with E-state index < -0.39 is 6.10 Å². The molecule has 0 aliphatic rings. The highest BCUT2D eigenvalue weighted by atomic mass is 35.5. The molecule has 0 radical (unpaired) electrons. The zero-order valence-corrected chi connectivity index (χ0v) is 10.7. The number of imidazole rings is 1. The summed E-state index contributed by atoms with van der Waals surface area (Å²) in [6.07, 6.45) is 1.16. The number of nitrogens with one attached hydrogen (secondary N) is 2. The van der Waals surface area contributed by atoms with Gasteiger partial charge in [-0.05, 0) is 31.0 Å². The fourth-order valence-electron chi connectivity index (χ4n) is 1.81. The largest absolute Gasteiger partial charge is 0.390 e. The topological polar surface area (TPSA) is 60.9 Å². The third kappa shape index (κ3) is 2.37. The van der Waals surface area contributed by atoms with Crippen molar-refractivity contribution in [3.8, 4) is 0 Å². The summed E-state index contributed by atoms with van der Waals surface area (Å²) in [7, 11) is 0. The van der Waals surface area contributed by atoms with E-state index in [0.29, 0.717) is 6.54 Å². The summed E-state index contributed by atoms with van der Waals surface area (Å²) in [4.78, 5) is 7.37. The van der Waals surface area contributed by atoms with Crippen LogP contribution in [0.25, 0.3) is 11.0 Å². The van der Waals surface area contributed by atoms with E-state index in [1.165, 1.54) is 0 Å². The lowest BCUT2D eigenvalue weighted by Crippen LogP contribution is -2.21. The average Bonchev–Trinajstić information content (AvgIpc) is 2.79. The van der Waals surface area contributed by atoms with Gasteiger partial charge in [0.05, 0.1) is 29.3 Å². The summed E-state index contributed by atoms with van der Waals surface area (Å²) >= 11 is 5.56. The van der Waals surface area contributed by atoms with Crippen molar-refractivity contribution < 1.29 is 5.11 Å². The van der Waals surface area contributed by atoms with E-state index >= 15 is 0 Å². The van der Waals surface area contributed by atoms with Crippen LogP contribution in [0.1, 0.15) is 11.1 Å². The molecule has 2 aromatic rings. The number of aliphatic hydroxyl groups excluding tert-OH is 1. The minimum atomic E-state index is -0.533. The number of aliphatic hydroxyl groups is 1. The van der Waals surface area contributed by atoms with E-state index in [9.17, 15) is 5.11 Å². The van der Waals surface area contributed by atoms with Crippen molar-refractivity contribution in [3.05, 3.63) is 23.5 Å². The molecule has 0 aliphatic heterocycles. The van der Waals surface area contributed by atoms with Crippen molar-refractivity contribution in [2.45, 2.75) is 20.0 Å². The summed E-state index contributed by atoms with van der Waals surface area (Å²) in [6.45, 7) is 4.53. The summed E-state index contributed by atoms with van der Waals surface area (Å²) in [5.74, 6) is 0.233. The number of hydrogen-bond donors (Lipinski definition) is 3. The Morgan fingerprint density at radius 1 is 1.47 bits per heavy atom. The van der Waals surface area contributed by atoms with Crippen LogP contribution in [0, 0.1) is 13.8 Å². The quantitative estimate of drug-likeness (QED) is 0.732. The van der Waals surface area contributed by atoms with Gasteiger partial charge in [-0.15, -0.1) is 11.6 Å². The molecule has 4 nitrogen and oxygen atoms in total. The number of H-pyrrole nitrogens is 1. The molecule has 0 spiro atoms. The standard InChI is InChI=1S/C12H16ClN3O/c1-7-8(2)12-11(15-6-16-12)3-10(7)14-5-9(17)4-13/h3,6,9,14,17H,4-5H2,1-2H3,(H,15,16). The van der Waals surface area contributed by atoms with Gasteiger partial charge in [-0.25, -0.2) is 4.98 Å². The van der Waals surface area contributed by atoms with Crippen LogP contribution in [-0.2, 0) is 0 Å². The highest BCUT2D eigenvalue weighted by Crippen LogP contribution is 2.26. The van der Waals surface area contributed by atoms with Gasteiger partial charge in [-0.1, -0.05) is 0 Å². The lowest BCUT2D eigenvalue weighted by Gasteiger charge is -2.14. The zero-order chi connectivity index (χ0) is 12.4. The first-order valence-corrected chi connectivity index (χ1v) is 6.08. The van der Waals surface area contributed by atoms with Crippen molar-refractivity contribution in [1.29, 1.82) is 0 Å². The van der Waals surface area contributed by atoms with Gasteiger partial charge >= 0.3 is 0 Å². The molecule has 0 amide bonds. The average molecular weight is 254 g/mol. The molecule has 5 heteroatoms. The van der Waals surface area contributed by atoms with E-state index in [1.807, 2.05) is 19.9 Å². The van der Waals surface area contributed by atoms with Crippen LogP contribution < -0.4 is 5.32 Å². The molecule has 0 fully saturated rings. The summed E-state index contributed by atoms with van der Waals surface area (Å²) in [6, 6.07) is 2.01. The molecular weight excluding hydrogens is 238 g/mol. The summed E-state index contributed by atoms with van der Waals surface area (Å²) in [5.41, 5.74) is 5.28. The predicted octanol–water partition coefficient (Wildman–Crippen LogP) is 2.19. The van der Waals surface area contributed by atoms with Gasteiger partial charge in [-0.3, -0.25) is 0 Å². The number of fused-ring (bicyclic) bond motifs is 1. The molecule has 0 aliphatic carbocycles. The van der Waals surface area contributed by atoms with Gasteiger partial charge in [0.1, 0.15) is 0 Å². The van der Waals surface area contributed by atoms with Crippen LogP contribution in [0.5, 0.6) is 0 Å². The molecule has 0 bridgehead atoms. The number of anilines is 1. The molecular formula is C12H16ClN3O. The Kier molecular flexibility index (Phi) is 3.54. The Balaban J connectivity index is 2.30. The molecule has 3 N–H and O–H groups in total. The molecule has 1 unspecified atom stereocenters. The molecule has 1 heterocycles. The fraction of sp³-hybridized carbons (Fsp3) is 0.417. The second-order valence-electron chi connectivity index (χ2n) is 4.16. The predicted molar refractivity (Wildman–Crippen MR) is 70.8 cm³/mol. The van der Waals surface area contributed by atoms with Gasteiger partial charge in [0.25, 0.3) is 0 Å². The number of hydrogen-bond acceptors (Lipinski definition) is 3. The molecule has 2 rings (SSSR count). The normalized spacial score (nSPS) is 12.9. The Morgan fingerprint density at radius 3 is 2.94 bits per heavy atom. The first-order chi connectivity index (χ1) is 8.13. The number of aromatic amines is 1.